The van der Waals surface area contributed by atoms with Crippen LogP contribution in [0.4, 0.5) is 25.8 Å². The fourth-order valence-electron chi connectivity index (χ4n) is 3.20. The number of nitro benzene ring substituents is 1. The second-order valence-corrected chi connectivity index (χ2v) is 9.48. The topological polar surface area (TPSA) is 123 Å². The Balaban J connectivity index is 1.76. The van der Waals surface area contributed by atoms with Gasteiger partial charge in [0.2, 0.25) is 11.8 Å². The minimum atomic E-state index is -2.54. The molecule has 2 aromatic rings. The van der Waals surface area contributed by atoms with Gasteiger partial charge in [0.25, 0.3) is 11.4 Å². The van der Waals surface area contributed by atoms with Gasteiger partial charge in [0, 0.05) is 30.6 Å². The molecule has 1 atom stereocenters. The number of non-ortho nitro benzene ring substituents is 1. The number of hydrogen-bond donors (Lipinski definition) is 1. The van der Waals surface area contributed by atoms with Crippen LogP contribution in [0.2, 0.25) is 0 Å². The van der Waals surface area contributed by atoms with Gasteiger partial charge in [-0.2, -0.15) is 8.78 Å². The molecular formula is C22H22F2N4O6S2. The van der Waals surface area contributed by atoms with Crippen LogP contribution in [-0.2, 0) is 14.3 Å². The molecule has 0 spiro atoms. The highest BCUT2D eigenvalue weighted by molar-refractivity contribution is 8.15. The number of rotatable bonds is 11. The molecule has 1 fully saturated rings. The van der Waals surface area contributed by atoms with E-state index in [9.17, 15) is 28.5 Å². The van der Waals surface area contributed by atoms with Crippen LogP contribution < -0.4 is 10.1 Å². The Morgan fingerprint density at radius 1 is 1.28 bits per heavy atom. The van der Waals surface area contributed by atoms with Crippen LogP contribution in [-0.4, -0.2) is 65.2 Å². The number of halogens is 2. The number of amidine groups is 1. The zero-order valence-electron chi connectivity index (χ0n) is 19.2. The largest absolute Gasteiger partial charge is 0.495 e. The fraction of sp³-hybridized carbons (Fsp3) is 0.318. The van der Waals surface area contributed by atoms with Gasteiger partial charge >= 0.3 is 0 Å². The molecule has 1 N–H and O–H groups in total. The molecule has 1 heterocycles. The number of alkyl halides is 2. The predicted molar refractivity (Wildman–Crippen MR) is 133 cm³/mol. The van der Waals surface area contributed by atoms with E-state index in [0.29, 0.717) is 27.5 Å². The van der Waals surface area contributed by atoms with Gasteiger partial charge in [-0.15, -0.1) is 0 Å². The molecule has 36 heavy (non-hydrogen) atoms. The number of carbonyl (C=O) groups is 2. The summed E-state index contributed by atoms with van der Waals surface area (Å²) in [4.78, 5) is 42.5. The van der Waals surface area contributed by atoms with Crippen molar-refractivity contribution >= 4 is 57.6 Å². The molecule has 0 bridgehead atoms. The van der Waals surface area contributed by atoms with Crippen LogP contribution >= 0.6 is 23.5 Å². The van der Waals surface area contributed by atoms with Crippen molar-refractivity contribution in [3.63, 3.8) is 0 Å². The van der Waals surface area contributed by atoms with E-state index in [-0.39, 0.29) is 42.6 Å². The molecule has 1 aliphatic heterocycles. The molecule has 14 heteroatoms. The van der Waals surface area contributed by atoms with E-state index in [1.807, 2.05) is 0 Å². The summed E-state index contributed by atoms with van der Waals surface area (Å²) in [7, 11) is 2.85. The molecule has 0 radical (unpaired) electrons. The molecule has 2 amide bonds. The number of carbonyl (C=O) groups excluding carboxylic acids is 2. The third kappa shape index (κ3) is 7.15. The van der Waals surface area contributed by atoms with Crippen LogP contribution in [0.5, 0.6) is 5.75 Å². The Morgan fingerprint density at radius 2 is 2.00 bits per heavy atom. The number of anilines is 1. The highest BCUT2D eigenvalue weighted by Crippen LogP contribution is 2.34. The number of aliphatic imine (C=N–C) groups is 1. The maximum absolute atomic E-state index is 13.0. The lowest BCUT2D eigenvalue weighted by Crippen LogP contribution is -2.35. The number of methoxy groups -OCH3 is 2. The number of ether oxygens (including phenoxy) is 2. The van der Waals surface area contributed by atoms with Gasteiger partial charge in [0.05, 0.1) is 36.6 Å². The highest BCUT2D eigenvalue weighted by Gasteiger charge is 2.39. The van der Waals surface area contributed by atoms with Crippen molar-refractivity contribution in [2.45, 2.75) is 22.3 Å². The average Bonchev–Trinajstić information content (AvgIpc) is 3.11. The second kappa shape index (κ2) is 12.6. The Labute approximate surface area is 213 Å². The number of benzene rings is 2. The van der Waals surface area contributed by atoms with Crippen LogP contribution in [0.1, 0.15) is 6.42 Å². The van der Waals surface area contributed by atoms with Crippen LogP contribution in [0.3, 0.4) is 0 Å². The van der Waals surface area contributed by atoms with E-state index < -0.39 is 21.8 Å². The van der Waals surface area contributed by atoms with E-state index >= 15 is 0 Å². The summed E-state index contributed by atoms with van der Waals surface area (Å²) in [6.07, 6.45) is -0.220. The summed E-state index contributed by atoms with van der Waals surface area (Å²) < 4.78 is 35.3. The maximum Gasteiger partial charge on any atom is 0.288 e. The Bertz CT molecular complexity index is 1150. The molecule has 0 saturated carbocycles. The highest BCUT2D eigenvalue weighted by atomic mass is 32.2. The van der Waals surface area contributed by atoms with E-state index in [1.165, 1.54) is 49.5 Å². The van der Waals surface area contributed by atoms with Crippen molar-refractivity contribution in [2.75, 3.05) is 32.7 Å². The molecule has 192 valence electrons. The first-order valence-electron chi connectivity index (χ1n) is 10.4. The first kappa shape index (κ1) is 27.4. The predicted octanol–water partition coefficient (Wildman–Crippen LogP) is 4.52. The molecule has 0 aliphatic carbocycles. The number of thioether (sulfide) groups is 2. The Morgan fingerprint density at radius 3 is 2.61 bits per heavy atom. The lowest BCUT2D eigenvalue weighted by atomic mass is 10.2. The number of nitrogens with one attached hydrogen (secondary N) is 1. The summed E-state index contributed by atoms with van der Waals surface area (Å²) in [6.45, 7) is 0.441. The second-order valence-electron chi connectivity index (χ2n) is 7.25. The normalized spacial score (nSPS) is 16.6. The van der Waals surface area contributed by atoms with Crippen LogP contribution in [0.25, 0.3) is 0 Å². The number of nitrogens with zero attached hydrogens (tertiary/aromatic N) is 3. The summed E-state index contributed by atoms with van der Waals surface area (Å²) in [5, 5.41) is 13.2. The van der Waals surface area contributed by atoms with Crippen molar-refractivity contribution in [3.8, 4) is 5.75 Å². The molecule has 2 aromatic carbocycles. The van der Waals surface area contributed by atoms with Crippen LogP contribution in [0, 0.1) is 10.1 Å². The monoisotopic (exact) mass is 540 g/mol. The van der Waals surface area contributed by atoms with Crippen molar-refractivity contribution in [3.05, 3.63) is 52.6 Å². The van der Waals surface area contributed by atoms with Crippen LogP contribution in [0.15, 0.2) is 52.4 Å². The van der Waals surface area contributed by atoms with Gasteiger partial charge < -0.3 is 14.8 Å². The van der Waals surface area contributed by atoms with Gasteiger partial charge in [-0.3, -0.25) is 24.6 Å². The third-order valence-corrected chi connectivity index (χ3v) is 6.76. The first-order chi connectivity index (χ1) is 17.2. The standard InChI is InChI=1S/C22H22F2N4O6S2/c1-33-10-9-27-20(30)18(36-22(27)25-13-3-6-15(7-4-13)35-21(23)24)12-19(29)26-16-11-14(28(31)32)5-8-17(16)34-2/h3-8,11,18,21H,9-10,12H2,1-2H3,(H,26,29)/t18-/m0/s1. The first-order valence-corrected chi connectivity index (χ1v) is 12.2. The van der Waals surface area contributed by atoms with E-state index in [2.05, 4.69) is 10.3 Å². The van der Waals surface area contributed by atoms with Gasteiger partial charge in [-0.25, -0.2) is 4.99 Å². The lowest BCUT2D eigenvalue weighted by Gasteiger charge is -2.16. The summed E-state index contributed by atoms with van der Waals surface area (Å²) >= 11 is 1.51. The van der Waals surface area contributed by atoms with Crippen molar-refractivity contribution in [1.82, 2.24) is 4.90 Å². The zero-order chi connectivity index (χ0) is 26.2. The quantitative estimate of drug-likeness (QED) is 0.251. The number of hydrogen-bond acceptors (Lipinski definition) is 9. The third-order valence-electron chi connectivity index (χ3n) is 4.86. The Kier molecular flexibility index (Phi) is 9.61. The SMILES string of the molecule is COCCN1C(=O)[C@H](CC(=O)Nc2cc([N+](=O)[O-])ccc2OC)SC1=Nc1ccc(SC(F)F)cc1. The molecule has 0 aromatic heterocycles. The summed E-state index contributed by atoms with van der Waals surface area (Å²) in [6, 6.07) is 9.93. The van der Waals surface area contributed by atoms with Crippen molar-refractivity contribution in [2.24, 2.45) is 4.99 Å². The lowest BCUT2D eigenvalue weighted by molar-refractivity contribution is -0.384. The minimum absolute atomic E-state index is 0.110. The smallest absolute Gasteiger partial charge is 0.288 e. The Hall–Kier alpha value is -3.23. The van der Waals surface area contributed by atoms with Gasteiger partial charge in [-0.05, 0) is 30.3 Å². The van der Waals surface area contributed by atoms with Gasteiger partial charge in [0.1, 0.15) is 11.0 Å². The average molecular weight is 541 g/mol. The number of amides is 2. The molecule has 1 aliphatic rings. The molecule has 0 unspecified atom stereocenters. The van der Waals surface area contributed by atoms with Gasteiger partial charge in [0.15, 0.2) is 5.17 Å². The fourth-order valence-corrected chi connectivity index (χ4v) is 4.89. The summed E-state index contributed by atoms with van der Waals surface area (Å²) in [5.74, 6) is -3.19. The minimum Gasteiger partial charge on any atom is -0.495 e. The van der Waals surface area contributed by atoms with E-state index in [4.69, 9.17) is 9.47 Å². The van der Waals surface area contributed by atoms with E-state index in [1.54, 1.807) is 12.1 Å². The molecule has 3 rings (SSSR count). The van der Waals surface area contributed by atoms with Gasteiger partial charge in [-0.1, -0.05) is 23.5 Å². The van der Waals surface area contributed by atoms with Crippen molar-refractivity contribution in [1.29, 1.82) is 0 Å². The zero-order valence-corrected chi connectivity index (χ0v) is 20.8. The maximum atomic E-state index is 13.0. The number of nitro groups is 1. The van der Waals surface area contributed by atoms with E-state index in [0.717, 1.165) is 11.8 Å². The van der Waals surface area contributed by atoms with Crippen molar-refractivity contribution < 1.29 is 32.8 Å². The molecule has 10 nitrogen and oxygen atoms in total. The summed E-state index contributed by atoms with van der Waals surface area (Å²) in [5.41, 5.74) is 0.340. The molecule has 1 saturated heterocycles. The molecular weight excluding hydrogens is 518 g/mol.